The van der Waals surface area contributed by atoms with Gasteiger partial charge in [0.2, 0.25) is 0 Å². The summed E-state index contributed by atoms with van der Waals surface area (Å²) in [6.45, 7) is 17.1. The minimum Gasteiger partial charge on any atom is -0.465 e. The lowest BCUT2D eigenvalue weighted by Gasteiger charge is -2.55. The zero-order valence-corrected chi connectivity index (χ0v) is 17.1. The van der Waals surface area contributed by atoms with Crippen molar-refractivity contribution in [3.63, 3.8) is 0 Å². The Hall–Kier alpha value is -0.593. The van der Waals surface area contributed by atoms with E-state index in [1.165, 1.54) is 4.90 Å². The Morgan fingerprint density at radius 2 is 1.78 bits per heavy atom. The number of carboxylic acid groups (broad SMARTS) is 1. The van der Waals surface area contributed by atoms with Crippen LogP contribution in [-0.4, -0.2) is 54.3 Å². The van der Waals surface area contributed by atoms with E-state index in [2.05, 4.69) is 33.9 Å². The van der Waals surface area contributed by atoms with Crippen LogP contribution in [0.25, 0.3) is 0 Å². The smallest absolute Gasteiger partial charge is 0.407 e. The van der Waals surface area contributed by atoms with Crippen molar-refractivity contribution in [1.82, 2.24) is 4.90 Å². The molecule has 1 aliphatic rings. The lowest BCUT2D eigenvalue weighted by Crippen LogP contribution is -2.66. The summed E-state index contributed by atoms with van der Waals surface area (Å²) in [5.74, 6) is 0. The Morgan fingerprint density at radius 1 is 1.26 bits per heavy atom. The van der Waals surface area contributed by atoms with Crippen LogP contribution in [0, 0.1) is 5.41 Å². The van der Waals surface area contributed by atoms with Crippen molar-refractivity contribution in [1.29, 1.82) is 0 Å². The predicted molar refractivity (Wildman–Crippen MR) is 95.3 cm³/mol. The quantitative estimate of drug-likeness (QED) is 0.760. The molecule has 5 nitrogen and oxygen atoms in total. The largest absolute Gasteiger partial charge is 0.465 e. The van der Waals surface area contributed by atoms with Gasteiger partial charge in [-0.3, -0.25) is 4.90 Å². The number of aliphatic hydroxyl groups excluding tert-OH is 1. The highest BCUT2D eigenvalue weighted by molar-refractivity contribution is 6.74. The van der Waals surface area contributed by atoms with Crippen LogP contribution in [0.2, 0.25) is 18.1 Å². The zero-order valence-electron chi connectivity index (χ0n) is 16.1. The average Bonchev–Trinajstić information content (AvgIpc) is 2.35. The molecule has 1 rings (SSSR count). The van der Waals surface area contributed by atoms with E-state index in [1.54, 1.807) is 0 Å². The molecule has 136 valence electrons. The van der Waals surface area contributed by atoms with Gasteiger partial charge in [-0.25, -0.2) is 4.79 Å². The molecule has 0 radical (unpaired) electrons. The summed E-state index contributed by atoms with van der Waals surface area (Å²) in [7, 11) is -1.94. The molecule has 0 unspecified atom stereocenters. The predicted octanol–water partition coefficient (Wildman–Crippen LogP) is 3.93. The second-order valence-electron chi connectivity index (χ2n) is 9.37. The molecule has 6 heteroatoms. The van der Waals surface area contributed by atoms with Crippen molar-refractivity contribution in [2.24, 2.45) is 5.41 Å². The Morgan fingerprint density at radius 3 is 2.13 bits per heavy atom. The van der Waals surface area contributed by atoms with Crippen LogP contribution in [0.5, 0.6) is 0 Å². The summed E-state index contributed by atoms with van der Waals surface area (Å²) in [5, 5.41) is 19.8. The Labute approximate surface area is 142 Å². The third-order valence-electron chi connectivity index (χ3n) is 5.94. The normalized spacial score (nSPS) is 27.2. The lowest BCUT2D eigenvalue weighted by atomic mass is 9.68. The van der Waals surface area contributed by atoms with Crippen molar-refractivity contribution >= 4 is 14.4 Å². The molecule has 0 aromatic rings. The highest BCUT2D eigenvalue weighted by atomic mass is 28.4. The molecule has 1 saturated heterocycles. The number of hydrogen-bond donors (Lipinski definition) is 2. The van der Waals surface area contributed by atoms with Crippen LogP contribution in [0.4, 0.5) is 4.79 Å². The molecule has 2 atom stereocenters. The highest BCUT2D eigenvalue weighted by Gasteiger charge is 2.52. The van der Waals surface area contributed by atoms with Crippen molar-refractivity contribution in [3.8, 4) is 0 Å². The number of carbonyl (C=O) groups is 1. The standard InChI is InChI=1S/C17H35NO4Si/c1-15(2,3)17(12-19)10-9-13(11-18(17)14(20)21)22-23(7,8)16(4,5)6/h13,19H,9-12H2,1-8H3,(H,20,21)/t13-,17+/m1/s1. The molecule has 0 aromatic heterocycles. The number of likely N-dealkylation sites (tertiary alicyclic amines) is 1. The Balaban J connectivity index is 3.03. The molecular formula is C17H35NO4Si. The molecule has 0 aliphatic carbocycles. The first-order chi connectivity index (χ1) is 10.2. The van der Waals surface area contributed by atoms with E-state index in [1.807, 2.05) is 20.8 Å². The van der Waals surface area contributed by atoms with Gasteiger partial charge >= 0.3 is 6.09 Å². The van der Waals surface area contributed by atoms with E-state index in [9.17, 15) is 15.0 Å². The minimum absolute atomic E-state index is 0.0889. The van der Waals surface area contributed by atoms with Crippen molar-refractivity contribution in [2.45, 2.75) is 84.2 Å². The second-order valence-corrected chi connectivity index (χ2v) is 14.1. The second kappa shape index (κ2) is 6.37. The van der Waals surface area contributed by atoms with Crippen LogP contribution in [0.3, 0.4) is 0 Å². The average molecular weight is 346 g/mol. The van der Waals surface area contributed by atoms with Gasteiger partial charge in [-0.1, -0.05) is 41.5 Å². The molecule has 0 aromatic carbocycles. The van der Waals surface area contributed by atoms with Crippen LogP contribution in [0.1, 0.15) is 54.4 Å². The number of hydrogen-bond acceptors (Lipinski definition) is 3. The number of rotatable bonds is 3. The number of amides is 1. The fourth-order valence-electron chi connectivity index (χ4n) is 3.14. The molecule has 23 heavy (non-hydrogen) atoms. The monoisotopic (exact) mass is 345 g/mol. The minimum atomic E-state index is -1.94. The van der Waals surface area contributed by atoms with E-state index in [0.29, 0.717) is 13.0 Å². The SMILES string of the molecule is CC(C)(C)[C@@]1(CO)CC[C@@H](O[Si](C)(C)C(C)(C)C)CN1C(=O)O. The van der Waals surface area contributed by atoms with E-state index in [4.69, 9.17) is 4.43 Å². The van der Waals surface area contributed by atoms with Gasteiger partial charge in [-0.05, 0) is 36.4 Å². The molecule has 1 heterocycles. The molecule has 1 amide bonds. The zero-order chi connectivity index (χ0) is 18.3. The highest BCUT2D eigenvalue weighted by Crippen LogP contribution is 2.44. The lowest BCUT2D eigenvalue weighted by molar-refractivity contribution is -0.0859. The van der Waals surface area contributed by atoms with Crippen LogP contribution >= 0.6 is 0 Å². The first-order valence-electron chi connectivity index (χ1n) is 8.47. The summed E-state index contributed by atoms with van der Waals surface area (Å²) in [5.41, 5.74) is -1.08. The van der Waals surface area contributed by atoms with Gasteiger partial charge in [0, 0.05) is 6.54 Å². The summed E-state index contributed by atoms with van der Waals surface area (Å²) in [4.78, 5) is 13.3. The topological polar surface area (TPSA) is 70.0 Å². The van der Waals surface area contributed by atoms with Gasteiger partial charge in [0.1, 0.15) is 0 Å². The number of piperidine rings is 1. The van der Waals surface area contributed by atoms with Gasteiger partial charge in [-0.15, -0.1) is 0 Å². The first-order valence-corrected chi connectivity index (χ1v) is 11.4. The molecule has 0 saturated carbocycles. The van der Waals surface area contributed by atoms with Gasteiger partial charge in [-0.2, -0.15) is 0 Å². The summed E-state index contributed by atoms with van der Waals surface area (Å²) in [6.07, 6.45) is 0.346. The third-order valence-corrected chi connectivity index (χ3v) is 10.5. The van der Waals surface area contributed by atoms with Crippen molar-refractivity contribution in [3.05, 3.63) is 0 Å². The van der Waals surface area contributed by atoms with Crippen LogP contribution < -0.4 is 0 Å². The maximum absolute atomic E-state index is 11.9. The molecule has 2 N–H and O–H groups in total. The van der Waals surface area contributed by atoms with Crippen LogP contribution in [-0.2, 0) is 4.43 Å². The molecule has 0 bridgehead atoms. The van der Waals surface area contributed by atoms with E-state index in [0.717, 1.165) is 6.42 Å². The number of nitrogens with zero attached hydrogens (tertiary/aromatic N) is 1. The van der Waals surface area contributed by atoms with Gasteiger partial charge in [0.25, 0.3) is 0 Å². The maximum atomic E-state index is 11.9. The molecule has 1 aliphatic heterocycles. The van der Waals surface area contributed by atoms with E-state index < -0.39 is 19.9 Å². The molecule has 0 spiro atoms. The first kappa shape index (κ1) is 20.5. The molecule has 1 fully saturated rings. The fourth-order valence-corrected chi connectivity index (χ4v) is 4.52. The third kappa shape index (κ3) is 3.91. The number of aliphatic hydroxyl groups is 1. The fraction of sp³-hybridized carbons (Fsp3) is 0.941. The van der Waals surface area contributed by atoms with Crippen molar-refractivity contribution < 1.29 is 19.4 Å². The van der Waals surface area contributed by atoms with Crippen LogP contribution in [0.15, 0.2) is 0 Å². The van der Waals surface area contributed by atoms with E-state index in [-0.39, 0.29) is 23.2 Å². The van der Waals surface area contributed by atoms with Crippen molar-refractivity contribution in [2.75, 3.05) is 13.2 Å². The van der Waals surface area contributed by atoms with E-state index >= 15 is 0 Å². The summed E-state index contributed by atoms with van der Waals surface area (Å²) >= 11 is 0. The summed E-state index contributed by atoms with van der Waals surface area (Å²) < 4.78 is 6.43. The maximum Gasteiger partial charge on any atom is 0.407 e. The van der Waals surface area contributed by atoms with Gasteiger partial charge in [0.05, 0.1) is 18.2 Å². The Kier molecular flexibility index (Phi) is 5.67. The van der Waals surface area contributed by atoms with Gasteiger partial charge in [0.15, 0.2) is 8.32 Å². The van der Waals surface area contributed by atoms with Gasteiger partial charge < -0.3 is 14.6 Å². The Bertz CT molecular complexity index is 439. The summed E-state index contributed by atoms with van der Waals surface area (Å²) in [6, 6.07) is 0. The molecular weight excluding hydrogens is 310 g/mol.